The molecule has 0 unspecified atom stereocenters. The average Bonchev–Trinajstić information content (AvgIpc) is 3.31. The zero-order chi connectivity index (χ0) is 18.4. The summed E-state index contributed by atoms with van der Waals surface area (Å²) < 4.78 is 19.3. The molecule has 1 aliphatic heterocycles. The van der Waals surface area contributed by atoms with E-state index in [4.69, 9.17) is 14.0 Å². The Labute approximate surface area is 155 Å². The highest BCUT2D eigenvalue weighted by atomic mass is 16.7. The second-order valence-electron chi connectivity index (χ2n) is 6.98. The van der Waals surface area contributed by atoms with Gasteiger partial charge in [-0.2, -0.15) is 0 Å². The molecule has 0 saturated heterocycles. The third-order valence-electron chi connectivity index (χ3n) is 5.25. The average molecular weight is 368 g/mol. The number of hydrogen-bond acceptors (Lipinski definition) is 6. The molecular formula is C19H20N4O4. The number of fused-ring (bicyclic) bond motifs is 2. The Balaban J connectivity index is 1.49. The predicted octanol–water partition coefficient (Wildman–Crippen LogP) is 2.28. The van der Waals surface area contributed by atoms with Gasteiger partial charge in [0.05, 0.1) is 6.54 Å². The molecule has 0 N–H and O–H groups in total. The van der Waals surface area contributed by atoms with Crippen molar-refractivity contribution in [2.24, 2.45) is 7.05 Å². The van der Waals surface area contributed by atoms with Gasteiger partial charge >= 0.3 is 5.69 Å². The summed E-state index contributed by atoms with van der Waals surface area (Å²) in [6.07, 6.45) is 5.31. The first kappa shape index (κ1) is 16.2. The number of rotatable bonds is 3. The van der Waals surface area contributed by atoms with E-state index < -0.39 is 0 Å². The van der Waals surface area contributed by atoms with Crippen molar-refractivity contribution in [2.75, 3.05) is 6.79 Å². The summed E-state index contributed by atoms with van der Waals surface area (Å²) in [5.41, 5.74) is 2.57. The van der Waals surface area contributed by atoms with Gasteiger partial charge in [-0.25, -0.2) is 9.48 Å². The zero-order valence-corrected chi connectivity index (χ0v) is 15.1. The monoisotopic (exact) mass is 368 g/mol. The van der Waals surface area contributed by atoms with Gasteiger partial charge in [0, 0.05) is 24.6 Å². The van der Waals surface area contributed by atoms with Gasteiger partial charge in [-0.3, -0.25) is 4.57 Å². The fraction of sp³-hybridized carbons (Fsp3) is 0.421. The molecule has 140 valence electrons. The number of aromatic nitrogens is 4. The second-order valence-corrected chi connectivity index (χ2v) is 6.98. The minimum absolute atomic E-state index is 0.187. The number of benzene rings is 1. The molecule has 3 aromatic rings. The quantitative estimate of drug-likeness (QED) is 0.660. The molecular weight excluding hydrogens is 348 g/mol. The minimum Gasteiger partial charge on any atom is -0.454 e. The van der Waals surface area contributed by atoms with E-state index >= 15 is 0 Å². The number of hydrogen-bond donors (Lipinski definition) is 0. The Morgan fingerprint density at radius 1 is 1.11 bits per heavy atom. The molecule has 0 atom stereocenters. The summed E-state index contributed by atoms with van der Waals surface area (Å²) in [5, 5.41) is 8.76. The third-order valence-corrected chi connectivity index (χ3v) is 5.25. The van der Waals surface area contributed by atoms with E-state index in [2.05, 4.69) is 10.3 Å². The maximum Gasteiger partial charge on any atom is 0.346 e. The van der Waals surface area contributed by atoms with Gasteiger partial charge in [0.2, 0.25) is 6.79 Å². The van der Waals surface area contributed by atoms with Crippen LogP contribution in [0.4, 0.5) is 0 Å². The van der Waals surface area contributed by atoms with Gasteiger partial charge in [-0.05, 0) is 37.5 Å². The van der Waals surface area contributed by atoms with E-state index in [0.29, 0.717) is 23.9 Å². The maximum atomic E-state index is 12.7. The molecule has 3 heterocycles. The maximum absolute atomic E-state index is 12.7. The van der Waals surface area contributed by atoms with Gasteiger partial charge in [-0.1, -0.05) is 11.6 Å². The summed E-state index contributed by atoms with van der Waals surface area (Å²) in [7, 11) is 1.72. The largest absolute Gasteiger partial charge is 0.454 e. The normalized spacial score (nSPS) is 15.6. The fourth-order valence-electron chi connectivity index (χ4n) is 3.77. The number of aryl methyl sites for hydroxylation is 1. The Bertz CT molecular complexity index is 1060. The molecule has 0 spiro atoms. The Morgan fingerprint density at radius 3 is 2.89 bits per heavy atom. The van der Waals surface area contributed by atoms with Crippen molar-refractivity contribution < 1.29 is 14.0 Å². The molecule has 8 nitrogen and oxygen atoms in total. The highest BCUT2D eigenvalue weighted by Crippen LogP contribution is 2.35. The molecule has 1 aliphatic carbocycles. The van der Waals surface area contributed by atoms with Crippen molar-refractivity contribution in [3.8, 4) is 22.9 Å². The van der Waals surface area contributed by atoms with Crippen molar-refractivity contribution in [2.45, 2.75) is 38.6 Å². The van der Waals surface area contributed by atoms with Gasteiger partial charge in [0.25, 0.3) is 0 Å². The lowest BCUT2D eigenvalue weighted by Gasteiger charge is -2.01. The summed E-state index contributed by atoms with van der Waals surface area (Å²) in [4.78, 5) is 12.7. The lowest BCUT2D eigenvalue weighted by atomic mass is 10.1. The van der Waals surface area contributed by atoms with Crippen molar-refractivity contribution in [1.82, 2.24) is 19.5 Å². The van der Waals surface area contributed by atoms with Gasteiger partial charge in [0.15, 0.2) is 17.3 Å². The van der Waals surface area contributed by atoms with Crippen LogP contribution in [0.3, 0.4) is 0 Å². The Kier molecular flexibility index (Phi) is 3.77. The zero-order valence-electron chi connectivity index (χ0n) is 15.1. The summed E-state index contributed by atoms with van der Waals surface area (Å²) in [6, 6.07) is 5.55. The number of nitrogens with zero attached hydrogens (tertiary/aromatic N) is 4. The van der Waals surface area contributed by atoms with E-state index in [-0.39, 0.29) is 12.5 Å². The van der Waals surface area contributed by atoms with Crippen LogP contribution in [0.2, 0.25) is 0 Å². The van der Waals surface area contributed by atoms with Crippen molar-refractivity contribution in [3.63, 3.8) is 0 Å². The summed E-state index contributed by atoms with van der Waals surface area (Å²) >= 11 is 0. The van der Waals surface area contributed by atoms with Crippen LogP contribution in [0.5, 0.6) is 11.5 Å². The van der Waals surface area contributed by atoms with Crippen LogP contribution in [0, 0.1) is 0 Å². The molecule has 0 amide bonds. The second kappa shape index (κ2) is 6.29. The first-order valence-corrected chi connectivity index (χ1v) is 9.21. The Hall–Kier alpha value is -3.03. The first-order chi connectivity index (χ1) is 13.2. The third kappa shape index (κ3) is 2.72. The standard InChI is InChI=1S/C19H20N4O4/c1-22-18(12-7-8-16-17(9-12)26-11-25-16)20-23(19(22)24)10-14-13-5-3-2-4-6-15(13)27-21-14/h7-9H,2-6,10-11H2,1H3. The van der Waals surface area contributed by atoms with Crippen molar-refractivity contribution >= 4 is 0 Å². The Morgan fingerprint density at radius 2 is 1.96 bits per heavy atom. The van der Waals surface area contributed by atoms with Crippen LogP contribution in [0.1, 0.15) is 36.3 Å². The van der Waals surface area contributed by atoms with E-state index in [1.165, 1.54) is 15.7 Å². The van der Waals surface area contributed by atoms with Crippen LogP contribution < -0.4 is 15.2 Å². The van der Waals surface area contributed by atoms with Crippen molar-refractivity contribution in [1.29, 1.82) is 0 Å². The molecule has 0 radical (unpaired) electrons. The van der Waals surface area contributed by atoms with Crippen LogP contribution >= 0.6 is 0 Å². The molecule has 1 aromatic carbocycles. The summed E-state index contributed by atoms with van der Waals surface area (Å²) in [6.45, 7) is 0.527. The molecule has 0 saturated carbocycles. The highest BCUT2D eigenvalue weighted by Gasteiger charge is 2.22. The smallest absolute Gasteiger partial charge is 0.346 e. The molecule has 27 heavy (non-hydrogen) atoms. The van der Waals surface area contributed by atoms with Gasteiger partial charge < -0.3 is 14.0 Å². The number of ether oxygens (including phenoxy) is 2. The molecule has 0 fully saturated rings. The van der Waals surface area contributed by atoms with Gasteiger partial charge in [-0.15, -0.1) is 5.10 Å². The molecule has 0 bridgehead atoms. The topological polar surface area (TPSA) is 84.3 Å². The van der Waals surface area contributed by atoms with Crippen LogP contribution in [0.25, 0.3) is 11.4 Å². The lowest BCUT2D eigenvalue weighted by molar-refractivity contribution is 0.174. The molecule has 2 aliphatic rings. The fourth-order valence-corrected chi connectivity index (χ4v) is 3.77. The minimum atomic E-state index is -0.187. The van der Waals surface area contributed by atoms with E-state index in [0.717, 1.165) is 48.3 Å². The van der Waals surface area contributed by atoms with E-state index in [9.17, 15) is 4.79 Å². The van der Waals surface area contributed by atoms with Crippen LogP contribution in [0.15, 0.2) is 27.5 Å². The lowest BCUT2D eigenvalue weighted by Crippen LogP contribution is -2.24. The van der Waals surface area contributed by atoms with E-state index in [1.807, 2.05) is 18.2 Å². The predicted molar refractivity (Wildman–Crippen MR) is 95.9 cm³/mol. The van der Waals surface area contributed by atoms with Crippen LogP contribution in [-0.2, 0) is 26.4 Å². The highest BCUT2D eigenvalue weighted by molar-refractivity contribution is 5.61. The molecule has 5 rings (SSSR count). The molecule has 2 aromatic heterocycles. The van der Waals surface area contributed by atoms with Crippen LogP contribution in [-0.4, -0.2) is 26.3 Å². The SMILES string of the molecule is Cn1c(-c2ccc3c(c2)OCO3)nn(Cc2noc3c2CCCCC3)c1=O. The van der Waals surface area contributed by atoms with Crippen molar-refractivity contribution in [3.05, 3.63) is 45.7 Å². The van der Waals surface area contributed by atoms with Gasteiger partial charge in [0.1, 0.15) is 11.5 Å². The summed E-state index contributed by atoms with van der Waals surface area (Å²) in [5.74, 6) is 2.90. The van der Waals surface area contributed by atoms with E-state index in [1.54, 1.807) is 7.05 Å². The molecule has 8 heteroatoms. The first-order valence-electron chi connectivity index (χ1n) is 9.21.